The molecular formula is C21H19N3O2S. The lowest BCUT2D eigenvalue weighted by molar-refractivity contribution is 0.102. The van der Waals surface area contributed by atoms with Crippen molar-refractivity contribution in [3.8, 4) is 17.3 Å². The van der Waals surface area contributed by atoms with E-state index in [1.54, 1.807) is 6.92 Å². The van der Waals surface area contributed by atoms with E-state index in [-0.39, 0.29) is 5.91 Å². The summed E-state index contributed by atoms with van der Waals surface area (Å²) in [5, 5.41) is 17.3. The summed E-state index contributed by atoms with van der Waals surface area (Å²) in [6.07, 6.45) is 5.30. The first-order valence-electron chi connectivity index (χ1n) is 9.06. The van der Waals surface area contributed by atoms with Crippen molar-refractivity contribution in [1.82, 2.24) is 5.16 Å². The van der Waals surface area contributed by atoms with Gasteiger partial charge in [0.2, 0.25) is 0 Å². The number of fused-ring (bicyclic) bond motifs is 1. The summed E-state index contributed by atoms with van der Waals surface area (Å²) in [6.45, 7) is 1.73. The lowest BCUT2D eigenvalue weighted by Gasteiger charge is -2.05. The number of aromatic nitrogens is 1. The van der Waals surface area contributed by atoms with Crippen molar-refractivity contribution < 1.29 is 9.32 Å². The second-order valence-corrected chi connectivity index (χ2v) is 7.77. The minimum Gasteiger partial charge on any atom is -0.360 e. The third-order valence-electron chi connectivity index (χ3n) is 4.90. The number of nitrogens with one attached hydrogen (secondary N) is 1. The molecule has 1 aliphatic rings. The molecule has 27 heavy (non-hydrogen) atoms. The lowest BCUT2D eigenvalue weighted by Crippen LogP contribution is -2.13. The van der Waals surface area contributed by atoms with Crippen molar-refractivity contribution in [3.63, 3.8) is 0 Å². The maximum atomic E-state index is 13.0. The minimum atomic E-state index is -0.291. The Morgan fingerprint density at radius 3 is 2.78 bits per heavy atom. The molecule has 3 aromatic rings. The van der Waals surface area contributed by atoms with Gasteiger partial charge in [0, 0.05) is 10.4 Å². The Morgan fingerprint density at radius 1 is 1.22 bits per heavy atom. The molecule has 1 N–H and O–H groups in total. The van der Waals surface area contributed by atoms with Gasteiger partial charge >= 0.3 is 0 Å². The van der Waals surface area contributed by atoms with Crippen molar-refractivity contribution in [2.45, 2.75) is 39.0 Å². The summed E-state index contributed by atoms with van der Waals surface area (Å²) in [4.78, 5) is 14.3. The Bertz CT molecular complexity index is 1030. The van der Waals surface area contributed by atoms with Crippen LogP contribution in [0, 0.1) is 18.3 Å². The minimum absolute atomic E-state index is 0.291. The molecule has 0 unspecified atom stereocenters. The fraction of sp³-hybridized carbons (Fsp3) is 0.286. The zero-order valence-electron chi connectivity index (χ0n) is 15.0. The van der Waals surface area contributed by atoms with E-state index in [0.29, 0.717) is 27.6 Å². The molecule has 0 fully saturated rings. The van der Waals surface area contributed by atoms with Gasteiger partial charge in [0.1, 0.15) is 28.1 Å². The van der Waals surface area contributed by atoms with Crippen molar-refractivity contribution in [2.75, 3.05) is 5.32 Å². The number of rotatable bonds is 3. The number of anilines is 1. The predicted octanol–water partition coefficient (Wildman–Crippen LogP) is 5.10. The molecular weight excluding hydrogens is 358 g/mol. The zero-order chi connectivity index (χ0) is 18.8. The van der Waals surface area contributed by atoms with E-state index in [2.05, 4.69) is 16.5 Å². The summed E-state index contributed by atoms with van der Waals surface area (Å²) in [6, 6.07) is 11.8. The molecule has 6 heteroatoms. The highest BCUT2D eigenvalue weighted by molar-refractivity contribution is 7.16. The molecule has 2 aromatic heterocycles. The van der Waals surface area contributed by atoms with Crippen LogP contribution in [-0.4, -0.2) is 11.1 Å². The van der Waals surface area contributed by atoms with Crippen molar-refractivity contribution in [2.24, 2.45) is 0 Å². The van der Waals surface area contributed by atoms with E-state index in [9.17, 15) is 10.1 Å². The maximum Gasteiger partial charge on any atom is 0.262 e. The van der Waals surface area contributed by atoms with Gasteiger partial charge < -0.3 is 9.84 Å². The van der Waals surface area contributed by atoms with Gasteiger partial charge in [-0.15, -0.1) is 11.3 Å². The first-order valence-corrected chi connectivity index (χ1v) is 9.88. The number of aryl methyl sites for hydroxylation is 2. The van der Waals surface area contributed by atoms with Gasteiger partial charge in [-0.1, -0.05) is 41.9 Å². The molecule has 0 spiro atoms. The van der Waals surface area contributed by atoms with E-state index in [4.69, 9.17) is 4.52 Å². The molecule has 1 aliphatic carbocycles. The molecule has 0 saturated heterocycles. The maximum absolute atomic E-state index is 13.0. The Kier molecular flexibility index (Phi) is 4.78. The highest BCUT2D eigenvalue weighted by Crippen LogP contribution is 2.37. The fourth-order valence-electron chi connectivity index (χ4n) is 3.55. The first kappa shape index (κ1) is 17.5. The second kappa shape index (κ2) is 7.37. The standard InChI is InChI=1S/C21H19N3O2S/c1-13-18(19(24-26-13)14-8-4-2-5-9-14)20(25)23-21-16(12-22)15-10-6-3-7-11-17(15)27-21/h2,4-5,8-9H,3,6-7,10-11H2,1H3,(H,23,25). The van der Waals surface area contributed by atoms with Crippen LogP contribution in [0.25, 0.3) is 11.3 Å². The average Bonchev–Trinajstić information content (AvgIpc) is 3.13. The molecule has 5 nitrogen and oxygen atoms in total. The Morgan fingerprint density at radius 2 is 2.00 bits per heavy atom. The Labute approximate surface area is 161 Å². The highest BCUT2D eigenvalue weighted by Gasteiger charge is 2.25. The summed E-state index contributed by atoms with van der Waals surface area (Å²) < 4.78 is 5.29. The van der Waals surface area contributed by atoms with Crippen molar-refractivity contribution >= 4 is 22.2 Å². The summed E-state index contributed by atoms with van der Waals surface area (Å²) >= 11 is 1.53. The highest BCUT2D eigenvalue weighted by atomic mass is 32.1. The predicted molar refractivity (Wildman–Crippen MR) is 105 cm³/mol. The van der Waals surface area contributed by atoms with Crippen molar-refractivity contribution in [1.29, 1.82) is 5.26 Å². The summed E-state index contributed by atoms with van der Waals surface area (Å²) in [7, 11) is 0. The number of amides is 1. The van der Waals surface area contributed by atoms with Gasteiger partial charge in [-0.05, 0) is 38.2 Å². The largest absolute Gasteiger partial charge is 0.360 e. The third-order valence-corrected chi connectivity index (χ3v) is 6.10. The molecule has 0 bridgehead atoms. The second-order valence-electron chi connectivity index (χ2n) is 6.66. The van der Waals surface area contributed by atoms with Crippen LogP contribution in [0.1, 0.15) is 51.4 Å². The SMILES string of the molecule is Cc1onc(-c2ccccc2)c1C(=O)Nc1sc2c(c1C#N)CCCCC2. The van der Waals surface area contributed by atoms with Gasteiger partial charge in [0.05, 0.1) is 5.56 Å². The van der Waals surface area contributed by atoms with Gasteiger partial charge in [-0.2, -0.15) is 5.26 Å². The number of nitrogens with zero attached hydrogens (tertiary/aromatic N) is 2. The Hall–Kier alpha value is -2.91. The van der Waals surface area contributed by atoms with Gasteiger partial charge in [0.25, 0.3) is 5.91 Å². The lowest BCUT2D eigenvalue weighted by atomic mass is 10.0. The number of benzene rings is 1. The van der Waals surface area contributed by atoms with Crippen LogP contribution in [0.2, 0.25) is 0 Å². The van der Waals surface area contributed by atoms with Crippen LogP contribution in [-0.2, 0) is 12.8 Å². The van der Waals surface area contributed by atoms with Crippen LogP contribution in [0.3, 0.4) is 0 Å². The molecule has 0 atom stereocenters. The molecule has 0 radical (unpaired) electrons. The van der Waals surface area contributed by atoms with Crippen LogP contribution in [0.15, 0.2) is 34.9 Å². The molecule has 4 rings (SSSR count). The third kappa shape index (κ3) is 3.26. The van der Waals surface area contributed by atoms with Crippen molar-refractivity contribution in [3.05, 3.63) is 57.7 Å². The van der Waals surface area contributed by atoms with Crippen LogP contribution < -0.4 is 5.32 Å². The first-order chi connectivity index (χ1) is 13.2. The molecule has 2 heterocycles. The molecule has 0 saturated carbocycles. The van der Waals surface area contributed by atoms with Gasteiger partial charge in [0.15, 0.2) is 0 Å². The van der Waals surface area contributed by atoms with E-state index in [1.165, 1.54) is 22.6 Å². The van der Waals surface area contributed by atoms with E-state index in [1.807, 2.05) is 30.3 Å². The molecule has 0 aliphatic heterocycles. The van der Waals surface area contributed by atoms with E-state index in [0.717, 1.165) is 36.8 Å². The number of carbonyl (C=O) groups excluding carboxylic acids is 1. The van der Waals surface area contributed by atoms with E-state index < -0.39 is 0 Å². The number of hydrogen-bond donors (Lipinski definition) is 1. The molecule has 1 amide bonds. The quantitative estimate of drug-likeness (QED) is 0.644. The zero-order valence-corrected chi connectivity index (χ0v) is 15.9. The van der Waals surface area contributed by atoms with Crippen LogP contribution >= 0.6 is 11.3 Å². The number of thiophene rings is 1. The number of carbonyl (C=O) groups is 1. The van der Waals surface area contributed by atoms with E-state index >= 15 is 0 Å². The van der Waals surface area contributed by atoms with Gasteiger partial charge in [-0.3, -0.25) is 4.79 Å². The molecule has 136 valence electrons. The number of hydrogen-bond acceptors (Lipinski definition) is 5. The summed E-state index contributed by atoms with van der Waals surface area (Å²) in [5.74, 6) is 0.170. The van der Waals surface area contributed by atoms with Gasteiger partial charge in [-0.25, -0.2) is 0 Å². The number of nitriles is 1. The van der Waals surface area contributed by atoms with Crippen LogP contribution in [0.5, 0.6) is 0 Å². The monoisotopic (exact) mass is 377 g/mol. The molecule has 1 aromatic carbocycles. The topological polar surface area (TPSA) is 78.9 Å². The summed E-state index contributed by atoms with van der Waals surface area (Å²) in [5.41, 5.74) is 3.47. The smallest absolute Gasteiger partial charge is 0.262 e. The Balaban J connectivity index is 1.69. The fourth-order valence-corrected chi connectivity index (χ4v) is 4.78. The van der Waals surface area contributed by atoms with Crippen LogP contribution in [0.4, 0.5) is 5.00 Å². The average molecular weight is 377 g/mol. The normalized spacial score (nSPS) is 13.5.